The number of nitrogen functional groups attached to an aromatic ring is 1. The number of benzene rings is 2. The van der Waals surface area contributed by atoms with Gasteiger partial charge in [0.1, 0.15) is 0 Å². The minimum Gasteiger partial charge on any atom is -0.493 e. The largest absolute Gasteiger partial charge is 0.493 e. The second-order valence-electron chi connectivity index (χ2n) is 5.40. The molecular weight excluding hydrogens is 332 g/mol. The first-order valence-corrected chi connectivity index (χ1v) is 7.91. The number of imidazole rings is 1. The molecule has 1 heterocycles. The maximum Gasteiger partial charge on any atom is 0.221 e. The van der Waals surface area contributed by atoms with Crippen molar-refractivity contribution in [1.29, 1.82) is 0 Å². The van der Waals surface area contributed by atoms with Crippen molar-refractivity contribution in [1.82, 2.24) is 9.66 Å². The van der Waals surface area contributed by atoms with Crippen LogP contribution in [0.1, 0.15) is 5.56 Å². The third-order valence-corrected chi connectivity index (χ3v) is 3.80. The fraction of sp³-hybridized carbons (Fsp3) is 0.158. The second kappa shape index (κ2) is 7.60. The van der Waals surface area contributed by atoms with Gasteiger partial charge in [-0.05, 0) is 12.1 Å². The van der Waals surface area contributed by atoms with Gasteiger partial charge in [0, 0.05) is 11.1 Å². The van der Waals surface area contributed by atoms with Gasteiger partial charge >= 0.3 is 0 Å². The smallest absolute Gasteiger partial charge is 0.221 e. The number of hydrogen-bond acceptors (Lipinski definition) is 6. The Labute approximate surface area is 151 Å². The average Bonchev–Trinajstić information content (AvgIpc) is 3.06. The van der Waals surface area contributed by atoms with Crippen molar-refractivity contribution >= 4 is 12.2 Å². The summed E-state index contributed by atoms with van der Waals surface area (Å²) in [6, 6.07) is 13.4. The number of nitrogens with zero attached hydrogens (tertiary/aromatic N) is 3. The highest BCUT2D eigenvalue weighted by molar-refractivity contribution is 5.82. The lowest BCUT2D eigenvalue weighted by Crippen LogP contribution is -1.99. The monoisotopic (exact) mass is 352 g/mol. The molecule has 0 atom stereocenters. The summed E-state index contributed by atoms with van der Waals surface area (Å²) in [6.45, 7) is 0. The topological polar surface area (TPSA) is 83.9 Å². The van der Waals surface area contributed by atoms with E-state index in [2.05, 4.69) is 10.1 Å². The molecule has 0 unspecified atom stereocenters. The van der Waals surface area contributed by atoms with Gasteiger partial charge in [-0.15, -0.1) is 0 Å². The van der Waals surface area contributed by atoms with Gasteiger partial charge in [0.15, 0.2) is 11.5 Å². The highest BCUT2D eigenvalue weighted by Gasteiger charge is 2.12. The van der Waals surface area contributed by atoms with E-state index in [1.807, 2.05) is 30.3 Å². The molecule has 0 saturated carbocycles. The van der Waals surface area contributed by atoms with Crippen LogP contribution in [0, 0.1) is 0 Å². The standard InChI is InChI=1S/C19H20N4O3/c1-24-16-9-13(10-17(25-2)18(16)26-3)11-21-23-12-15(22-19(23)20)14-7-5-4-6-8-14/h4-12H,1-3H3,(H2,20,22)/b21-11+. The van der Waals surface area contributed by atoms with Gasteiger partial charge < -0.3 is 19.9 Å². The molecule has 7 nitrogen and oxygen atoms in total. The number of aromatic nitrogens is 2. The summed E-state index contributed by atoms with van der Waals surface area (Å²) in [5.74, 6) is 1.93. The molecule has 0 saturated heterocycles. The van der Waals surface area contributed by atoms with E-state index in [0.717, 1.165) is 16.8 Å². The molecule has 0 aliphatic heterocycles. The Morgan fingerprint density at radius 2 is 1.65 bits per heavy atom. The fourth-order valence-corrected chi connectivity index (χ4v) is 2.53. The maximum atomic E-state index is 5.97. The van der Waals surface area contributed by atoms with Crippen molar-refractivity contribution in [3.63, 3.8) is 0 Å². The Kier molecular flexibility index (Phi) is 5.07. The van der Waals surface area contributed by atoms with E-state index in [-0.39, 0.29) is 0 Å². The molecular formula is C19H20N4O3. The molecule has 0 spiro atoms. The predicted octanol–water partition coefficient (Wildman–Crippen LogP) is 3.04. The molecule has 0 fully saturated rings. The second-order valence-corrected chi connectivity index (χ2v) is 5.40. The van der Waals surface area contributed by atoms with Gasteiger partial charge in [0.2, 0.25) is 11.7 Å². The van der Waals surface area contributed by atoms with Gasteiger partial charge in [-0.3, -0.25) is 0 Å². The summed E-state index contributed by atoms with van der Waals surface area (Å²) >= 11 is 0. The number of nitrogens with two attached hydrogens (primary N) is 1. The first-order chi connectivity index (χ1) is 12.7. The van der Waals surface area contributed by atoms with Crippen LogP contribution in [-0.4, -0.2) is 37.2 Å². The van der Waals surface area contributed by atoms with E-state index in [0.29, 0.717) is 23.2 Å². The van der Waals surface area contributed by atoms with Gasteiger partial charge in [-0.1, -0.05) is 30.3 Å². The van der Waals surface area contributed by atoms with E-state index in [9.17, 15) is 0 Å². The van der Waals surface area contributed by atoms with Gasteiger partial charge in [0.25, 0.3) is 0 Å². The maximum absolute atomic E-state index is 5.97. The lowest BCUT2D eigenvalue weighted by molar-refractivity contribution is 0.324. The number of hydrogen-bond donors (Lipinski definition) is 1. The Hall–Kier alpha value is -3.48. The zero-order valence-corrected chi connectivity index (χ0v) is 14.8. The van der Waals surface area contributed by atoms with Crippen LogP contribution in [0.15, 0.2) is 53.8 Å². The summed E-state index contributed by atoms with van der Waals surface area (Å²) in [6.07, 6.45) is 3.43. The van der Waals surface area contributed by atoms with E-state index in [1.54, 1.807) is 45.9 Å². The van der Waals surface area contributed by atoms with Crippen molar-refractivity contribution < 1.29 is 14.2 Å². The van der Waals surface area contributed by atoms with Crippen molar-refractivity contribution in [2.75, 3.05) is 27.1 Å². The Morgan fingerprint density at radius 1 is 1.00 bits per heavy atom. The molecule has 2 aromatic carbocycles. The van der Waals surface area contributed by atoms with Crippen LogP contribution in [0.2, 0.25) is 0 Å². The number of ether oxygens (including phenoxy) is 3. The zero-order valence-electron chi connectivity index (χ0n) is 14.8. The first-order valence-electron chi connectivity index (χ1n) is 7.91. The van der Waals surface area contributed by atoms with Crippen molar-refractivity contribution in [2.45, 2.75) is 0 Å². The van der Waals surface area contributed by atoms with Gasteiger partial charge in [-0.2, -0.15) is 5.10 Å². The number of rotatable bonds is 6. The lowest BCUT2D eigenvalue weighted by Gasteiger charge is -2.12. The number of methoxy groups -OCH3 is 3. The van der Waals surface area contributed by atoms with Crippen LogP contribution in [0.5, 0.6) is 17.2 Å². The van der Waals surface area contributed by atoms with Crippen LogP contribution in [0.4, 0.5) is 5.95 Å². The molecule has 2 N–H and O–H groups in total. The van der Waals surface area contributed by atoms with Crippen LogP contribution < -0.4 is 19.9 Å². The van der Waals surface area contributed by atoms with Crippen molar-refractivity contribution in [2.24, 2.45) is 5.10 Å². The predicted molar refractivity (Wildman–Crippen MR) is 101 cm³/mol. The molecule has 134 valence electrons. The van der Waals surface area contributed by atoms with Crippen LogP contribution in [0.3, 0.4) is 0 Å². The minimum atomic E-state index is 0.299. The molecule has 0 bridgehead atoms. The quantitative estimate of drug-likeness (QED) is 0.689. The summed E-state index contributed by atoms with van der Waals surface area (Å²) in [5.41, 5.74) is 8.47. The third kappa shape index (κ3) is 3.46. The molecule has 3 rings (SSSR count). The molecule has 7 heteroatoms. The highest BCUT2D eigenvalue weighted by Crippen LogP contribution is 2.37. The average molecular weight is 352 g/mol. The first kappa shape index (κ1) is 17.3. The van der Waals surface area contributed by atoms with E-state index in [1.165, 1.54) is 4.68 Å². The normalized spacial score (nSPS) is 10.9. The Bertz CT molecular complexity index is 895. The van der Waals surface area contributed by atoms with E-state index < -0.39 is 0 Å². The van der Waals surface area contributed by atoms with E-state index >= 15 is 0 Å². The van der Waals surface area contributed by atoms with Gasteiger partial charge in [0.05, 0.1) is 39.4 Å². The molecule has 0 radical (unpaired) electrons. The summed E-state index contributed by atoms with van der Waals surface area (Å²) in [7, 11) is 4.70. The molecule has 1 aromatic heterocycles. The third-order valence-electron chi connectivity index (χ3n) is 3.80. The molecule has 26 heavy (non-hydrogen) atoms. The van der Waals surface area contributed by atoms with E-state index in [4.69, 9.17) is 19.9 Å². The molecule has 0 aliphatic carbocycles. The molecule has 3 aromatic rings. The molecule has 0 aliphatic rings. The minimum absolute atomic E-state index is 0.299. The summed E-state index contributed by atoms with van der Waals surface area (Å²) in [5, 5.41) is 4.38. The molecule has 0 amide bonds. The SMILES string of the molecule is COc1cc(/C=N/n2cc(-c3ccccc3)nc2N)cc(OC)c1OC. The van der Waals surface area contributed by atoms with Crippen molar-refractivity contribution in [3.8, 4) is 28.5 Å². The highest BCUT2D eigenvalue weighted by atomic mass is 16.5. The lowest BCUT2D eigenvalue weighted by atomic mass is 10.2. The Balaban J connectivity index is 1.92. The van der Waals surface area contributed by atoms with Crippen LogP contribution in [-0.2, 0) is 0 Å². The summed E-state index contributed by atoms with van der Waals surface area (Å²) in [4.78, 5) is 4.35. The Morgan fingerprint density at radius 3 is 2.23 bits per heavy atom. The fourth-order valence-electron chi connectivity index (χ4n) is 2.53. The summed E-state index contributed by atoms with van der Waals surface area (Å²) < 4.78 is 17.5. The zero-order chi connectivity index (χ0) is 18.5. The van der Waals surface area contributed by atoms with Crippen LogP contribution in [0.25, 0.3) is 11.3 Å². The van der Waals surface area contributed by atoms with Crippen molar-refractivity contribution in [3.05, 3.63) is 54.2 Å². The number of anilines is 1. The van der Waals surface area contributed by atoms with Crippen LogP contribution >= 0.6 is 0 Å². The van der Waals surface area contributed by atoms with Gasteiger partial charge in [-0.25, -0.2) is 9.66 Å².